The van der Waals surface area contributed by atoms with E-state index in [1.807, 2.05) is 6.92 Å². The molecule has 3 rings (SSSR count). The minimum Gasteiger partial charge on any atom is -0.484 e. The summed E-state index contributed by atoms with van der Waals surface area (Å²) in [5.41, 5.74) is 0.435. The summed E-state index contributed by atoms with van der Waals surface area (Å²) in [4.78, 5) is 28.3. The van der Waals surface area contributed by atoms with Crippen LogP contribution in [-0.2, 0) is 11.4 Å². The molecule has 154 valence electrons. The lowest BCUT2D eigenvalue weighted by Crippen LogP contribution is -2.62. The molecule has 0 radical (unpaired) electrons. The Labute approximate surface area is 172 Å². The van der Waals surface area contributed by atoms with Crippen LogP contribution in [0.1, 0.15) is 35.8 Å². The monoisotopic (exact) mass is 421 g/mol. The number of aromatic nitrogens is 1. The number of nitrogens with one attached hydrogen (secondary N) is 2. The van der Waals surface area contributed by atoms with E-state index in [2.05, 4.69) is 15.6 Å². The smallest absolute Gasteiger partial charge is 0.270 e. The van der Waals surface area contributed by atoms with Crippen LogP contribution in [0.5, 0.6) is 5.75 Å². The van der Waals surface area contributed by atoms with Crippen molar-refractivity contribution in [3.63, 3.8) is 0 Å². The zero-order chi connectivity index (χ0) is 21.0. The molecule has 0 aliphatic heterocycles. The molecule has 1 aromatic heterocycles. The average molecular weight is 422 g/mol. The third kappa shape index (κ3) is 5.42. The Morgan fingerprint density at radius 3 is 2.72 bits per heavy atom. The van der Waals surface area contributed by atoms with Gasteiger partial charge >= 0.3 is 0 Å². The fourth-order valence-corrected chi connectivity index (χ4v) is 3.35. The standard InChI is InChI=1S/C20H21ClFN3O4/c1-20(25-18(27)11-29-14-3-4-15(21)16(22)6-14)7-13(8-20)24-19(28)17-5-2-12(10-26)9-23-17/h2-6,9,13,26H,7-8,10-11H2,1H3,(H,24,28)(H,25,27). The Balaban J connectivity index is 1.42. The summed E-state index contributed by atoms with van der Waals surface area (Å²) in [5.74, 6) is -1.05. The van der Waals surface area contributed by atoms with Gasteiger partial charge in [-0.1, -0.05) is 17.7 Å². The van der Waals surface area contributed by atoms with Crippen molar-refractivity contribution in [3.8, 4) is 5.75 Å². The number of nitrogens with zero attached hydrogens (tertiary/aromatic N) is 1. The second kappa shape index (κ2) is 8.75. The van der Waals surface area contributed by atoms with Crippen molar-refractivity contribution in [1.82, 2.24) is 15.6 Å². The second-order valence-corrected chi connectivity index (χ2v) is 7.67. The van der Waals surface area contributed by atoms with Gasteiger partial charge in [0.05, 0.1) is 11.6 Å². The molecule has 0 unspecified atom stereocenters. The van der Waals surface area contributed by atoms with Gasteiger partial charge in [-0.2, -0.15) is 0 Å². The zero-order valence-electron chi connectivity index (χ0n) is 15.7. The minimum atomic E-state index is -0.616. The number of aliphatic hydroxyl groups excluding tert-OH is 1. The molecule has 29 heavy (non-hydrogen) atoms. The highest BCUT2D eigenvalue weighted by Crippen LogP contribution is 2.32. The SMILES string of the molecule is CC1(NC(=O)COc2ccc(Cl)c(F)c2)CC(NC(=O)c2ccc(CO)cn2)C1. The number of carbonyl (C=O) groups excluding carboxylic acids is 2. The summed E-state index contributed by atoms with van der Waals surface area (Å²) in [6.07, 6.45) is 2.58. The molecule has 1 saturated carbocycles. The van der Waals surface area contributed by atoms with Crippen LogP contribution in [0.25, 0.3) is 0 Å². The van der Waals surface area contributed by atoms with Gasteiger partial charge in [-0.3, -0.25) is 14.6 Å². The van der Waals surface area contributed by atoms with Crippen LogP contribution < -0.4 is 15.4 Å². The van der Waals surface area contributed by atoms with Crippen molar-refractivity contribution in [3.05, 3.63) is 58.6 Å². The lowest BCUT2D eigenvalue weighted by Gasteiger charge is -2.45. The molecule has 0 saturated heterocycles. The topological polar surface area (TPSA) is 101 Å². The number of carbonyl (C=O) groups is 2. The summed E-state index contributed by atoms with van der Waals surface area (Å²) in [6.45, 7) is 1.49. The van der Waals surface area contributed by atoms with E-state index in [0.717, 1.165) is 6.07 Å². The van der Waals surface area contributed by atoms with Crippen molar-refractivity contribution in [2.24, 2.45) is 0 Å². The molecule has 2 aromatic rings. The van der Waals surface area contributed by atoms with Gasteiger partial charge in [0.25, 0.3) is 11.8 Å². The van der Waals surface area contributed by atoms with Gasteiger partial charge in [0.15, 0.2) is 6.61 Å². The van der Waals surface area contributed by atoms with Crippen molar-refractivity contribution < 1.29 is 23.8 Å². The lowest BCUT2D eigenvalue weighted by atomic mass is 9.74. The van der Waals surface area contributed by atoms with Crippen LogP contribution >= 0.6 is 11.6 Å². The molecule has 0 bridgehead atoms. The largest absolute Gasteiger partial charge is 0.484 e. The highest BCUT2D eigenvalue weighted by atomic mass is 35.5. The average Bonchev–Trinajstić information content (AvgIpc) is 2.67. The minimum absolute atomic E-state index is 0.0172. The number of pyridine rings is 1. The predicted molar refractivity (Wildman–Crippen MR) is 104 cm³/mol. The van der Waals surface area contributed by atoms with Crippen molar-refractivity contribution >= 4 is 23.4 Å². The molecular weight excluding hydrogens is 401 g/mol. The van der Waals surface area contributed by atoms with Gasteiger partial charge in [-0.25, -0.2) is 4.39 Å². The van der Waals surface area contributed by atoms with Crippen LogP contribution in [0.2, 0.25) is 5.02 Å². The maximum Gasteiger partial charge on any atom is 0.270 e. The fraction of sp³-hybridized carbons (Fsp3) is 0.350. The first-order valence-corrected chi connectivity index (χ1v) is 9.41. The maximum atomic E-state index is 13.4. The van der Waals surface area contributed by atoms with Gasteiger partial charge in [0.2, 0.25) is 0 Å². The summed E-state index contributed by atoms with van der Waals surface area (Å²) in [6, 6.07) is 7.07. The van der Waals surface area contributed by atoms with E-state index in [1.54, 1.807) is 12.1 Å². The van der Waals surface area contributed by atoms with Crippen LogP contribution in [0.3, 0.4) is 0 Å². The molecule has 1 aliphatic carbocycles. The van der Waals surface area contributed by atoms with E-state index in [-0.39, 0.29) is 47.5 Å². The third-order valence-corrected chi connectivity index (χ3v) is 4.98. The first-order chi connectivity index (χ1) is 13.8. The van der Waals surface area contributed by atoms with Gasteiger partial charge in [-0.05, 0) is 43.5 Å². The van der Waals surface area contributed by atoms with E-state index in [4.69, 9.17) is 21.4 Å². The van der Waals surface area contributed by atoms with Gasteiger partial charge in [-0.15, -0.1) is 0 Å². The molecule has 7 nitrogen and oxygen atoms in total. The number of hydrogen-bond donors (Lipinski definition) is 3. The lowest BCUT2D eigenvalue weighted by molar-refractivity contribution is -0.126. The summed E-state index contributed by atoms with van der Waals surface area (Å²) < 4.78 is 18.7. The summed E-state index contributed by atoms with van der Waals surface area (Å²) >= 11 is 5.61. The molecule has 0 spiro atoms. The molecule has 1 aliphatic rings. The molecule has 1 aromatic carbocycles. The van der Waals surface area contributed by atoms with E-state index >= 15 is 0 Å². The summed E-state index contributed by atoms with van der Waals surface area (Å²) in [5, 5.41) is 14.7. The van der Waals surface area contributed by atoms with Crippen LogP contribution in [0, 0.1) is 5.82 Å². The molecular formula is C20H21ClFN3O4. The normalized spacial score (nSPS) is 20.5. The number of aliphatic hydroxyl groups is 1. The van der Waals surface area contributed by atoms with E-state index < -0.39 is 11.4 Å². The molecule has 9 heteroatoms. The predicted octanol–water partition coefficient (Wildman–Crippen LogP) is 2.21. The van der Waals surface area contributed by atoms with E-state index in [1.165, 1.54) is 18.3 Å². The Kier molecular flexibility index (Phi) is 6.34. The number of halogens is 2. The van der Waals surface area contributed by atoms with Crippen LogP contribution in [0.4, 0.5) is 4.39 Å². The van der Waals surface area contributed by atoms with Gasteiger partial charge in [0, 0.05) is 23.8 Å². The van der Waals surface area contributed by atoms with Gasteiger partial charge < -0.3 is 20.5 Å². The Bertz CT molecular complexity index is 901. The zero-order valence-corrected chi connectivity index (χ0v) is 16.5. The third-order valence-electron chi connectivity index (χ3n) is 4.67. The van der Waals surface area contributed by atoms with Crippen LogP contribution in [-0.4, -0.2) is 40.1 Å². The van der Waals surface area contributed by atoms with Gasteiger partial charge in [0.1, 0.15) is 17.3 Å². The van der Waals surface area contributed by atoms with Crippen LogP contribution in [0.15, 0.2) is 36.5 Å². The second-order valence-electron chi connectivity index (χ2n) is 7.26. The first-order valence-electron chi connectivity index (χ1n) is 9.03. The Hall–Kier alpha value is -2.71. The fourth-order valence-electron chi connectivity index (χ4n) is 3.23. The first kappa shape index (κ1) is 21.0. The maximum absolute atomic E-state index is 13.4. The molecule has 3 N–H and O–H groups in total. The number of rotatable bonds is 7. The molecule has 1 fully saturated rings. The van der Waals surface area contributed by atoms with E-state index in [9.17, 15) is 14.0 Å². The van der Waals surface area contributed by atoms with Crippen molar-refractivity contribution in [2.75, 3.05) is 6.61 Å². The number of hydrogen-bond acceptors (Lipinski definition) is 5. The number of amides is 2. The molecule has 1 heterocycles. The van der Waals surface area contributed by atoms with E-state index in [0.29, 0.717) is 18.4 Å². The molecule has 0 atom stereocenters. The molecule has 2 amide bonds. The Morgan fingerprint density at radius 2 is 2.10 bits per heavy atom. The highest BCUT2D eigenvalue weighted by Gasteiger charge is 2.42. The number of benzene rings is 1. The van der Waals surface area contributed by atoms with Crippen molar-refractivity contribution in [1.29, 1.82) is 0 Å². The van der Waals surface area contributed by atoms with Crippen molar-refractivity contribution in [2.45, 2.75) is 38.0 Å². The number of ether oxygens (including phenoxy) is 1. The quantitative estimate of drug-likeness (QED) is 0.636. The summed E-state index contributed by atoms with van der Waals surface area (Å²) in [7, 11) is 0. The highest BCUT2D eigenvalue weighted by molar-refractivity contribution is 6.30. The Morgan fingerprint density at radius 1 is 1.34 bits per heavy atom.